The summed E-state index contributed by atoms with van der Waals surface area (Å²) in [7, 11) is 1.70. The number of nitrogen functional groups attached to an aromatic ring is 1. The molecule has 5 heteroatoms. The van der Waals surface area contributed by atoms with Crippen molar-refractivity contribution < 1.29 is 4.79 Å². The number of hydrogen-bond acceptors (Lipinski definition) is 4. The highest BCUT2D eigenvalue weighted by atomic mass is 16.1. The first-order valence-corrected chi connectivity index (χ1v) is 6.34. The number of piperidine rings is 1. The van der Waals surface area contributed by atoms with Crippen molar-refractivity contribution in [1.82, 2.24) is 15.2 Å². The normalized spacial score (nSPS) is 17.6. The molecule has 0 atom stereocenters. The molecule has 1 saturated heterocycles. The molecule has 1 aliphatic heterocycles. The minimum absolute atomic E-state index is 0.164. The summed E-state index contributed by atoms with van der Waals surface area (Å²) in [5.41, 5.74) is 6.65. The summed E-state index contributed by atoms with van der Waals surface area (Å²) in [6.07, 6.45) is 1.84. The standard InChI is InChI=1S/C13H20N4O/c1-15-13(18)10-5-7-17(8-6-10)9-11-3-2-4-12(14)16-11/h2-4,10H,5-9H2,1H3,(H2,14,16)(H,15,18). The number of likely N-dealkylation sites (tertiary alicyclic amines) is 1. The van der Waals surface area contributed by atoms with E-state index in [2.05, 4.69) is 15.2 Å². The van der Waals surface area contributed by atoms with E-state index in [0.29, 0.717) is 5.82 Å². The molecule has 0 unspecified atom stereocenters. The molecule has 1 aromatic rings. The molecule has 2 rings (SSSR count). The average molecular weight is 248 g/mol. The van der Waals surface area contributed by atoms with E-state index in [0.717, 1.165) is 38.2 Å². The molecule has 1 amide bonds. The van der Waals surface area contributed by atoms with Gasteiger partial charge in [-0.15, -0.1) is 0 Å². The van der Waals surface area contributed by atoms with Gasteiger partial charge in [0.15, 0.2) is 0 Å². The Hall–Kier alpha value is -1.62. The lowest BCUT2D eigenvalue weighted by atomic mass is 9.96. The van der Waals surface area contributed by atoms with Crippen molar-refractivity contribution in [2.45, 2.75) is 19.4 Å². The maximum atomic E-state index is 11.5. The van der Waals surface area contributed by atoms with Gasteiger partial charge in [0.25, 0.3) is 0 Å². The van der Waals surface area contributed by atoms with Gasteiger partial charge in [0, 0.05) is 19.5 Å². The van der Waals surface area contributed by atoms with Crippen LogP contribution in [0, 0.1) is 5.92 Å². The van der Waals surface area contributed by atoms with Crippen LogP contribution < -0.4 is 11.1 Å². The number of rotatable bonds is 3. The number of carbonyl (C=O) groups excluding carboxylic acids is 1. The Balaban J connectivity index is 1.85. The van der Waals surface area contributed by atoms with Crippen molar-refractivity contribution >= 4 is 11.7 Å². The minimum Gasteiger partial charge on any atom is -0.384 e. The number of nitrogens with one attached hydrogen (secondary N) is 1. The van der Waals surface area contributed by atoms with Gasteiger partial charge in [-0.2, -0.15) is 0 Å². The zero-order valence-electron chi connectivity index (χ0n) is 10.7. The van der Waals surface area contributed by atoms with Crippen molar-refractivity contribution in [3.63, 3.8) is 0 Å². The molecule has 18 heavy (non-hydrogen) atoms. The third kappa shape index (κ3) is 3.20. The van der Waals surface area contributed by atoms with E-state index in [4.69, 9.17) is 5.73 Å². The molecular formula is C13H20N4O. The number of nitrogens with two attached hydrogens (primary N) is 1. The molecule has 0 saturated carbocycles. The topological polar surface area (TPSA) is 71.2 Å². The fourth-order valence-electron chi connectivity index (χ4n) is 2.37. The zero-order chi connectivity index (χ0) is 13.0. The summed E-state index contributed by atoms with van der Waals surface area (Å²) < 4.78 is 0. The van der Waals surface area contributed by atoms with Gasteiger partial charge in [0.1, 0.15) is 5.82 Å². The SMILES string of the molecule is CNC(=O)C1CCN(Cc2cccc(N)n2)CC1. The van der Waals surface area contributed by atoms with Crippen LogP contribution in [0.3, 0.4) is 0 Å². The van der Waals surface area contributed by atoms with Crippen molar-refractivity contribution in [1.29, 1.82) is 0 Å². The largest absolute Gasteiger partial charge is 0.384 e. The molecule has 1 fully saturated rings. The van der Waals surface area contributed by atoms with Crippen LogP contribution in [0.15, 0.2) is 18.2 Å². The highest BCUT2D eigenvalue weighted by Crippen LogP contribution is 2.18. The maximum Gasteiger partial charge on any atom is 0.222 e. The predicted octanol–water partition coefficient (Wildman–Crippen LogP) is 0.622. The molecule has 5 nitrogen and oxygen atoms in total. The van der Waals surface area contributed by atoms with E-state index in [-0.39, 0.29) is 11.8 Å². The summed E-state index contributed by atoms with van der Waals surface area (Å²) >= 11 is 0. The molecule has 1 aromatic heterocycles. The molecule has 2 heterocycles. The molecule has 98 valence electrons. The van der Waals surface area contributed by atoms with Crippen LogP contribution in [0.25, 0.3) is 0 Å². The molecule has 1 aliphatic rings. The smallest absolute Gasteiger partial charge is 0.222 e. The van der Waals surface area contributed by atoms with Gasteiger partial charge in [0.05, 0.1) is 5.69 Å². The highest BCUT2D eigenvalue weighted by molar-refractivity contribution is 5.78. The number of amides is 1. The van der Waals surface area contributed by atoms with Crippen molar-refractivity contribution in [3.8, 4) is 0 Å². The lowest BCUT2D eigenvalue weighted by Gasteiger charge is -2.30. The summed E-state index contributed by atoms with van der Waals surface area (Å²) in [5.74, 6) is 0.893. The van der Waals surface area contributed by atoms with Crippen LogP contribution in [-0.2, 0) is 11.3 Å². The van der Waals surface area contributed by atoms with E-state index in [1.807, 2.05) is 12.1 Å². The number of anilines is 1. The summed E-state index contributed by atoms with van der Waals surface area (Å²) in [4.78, 5) is 18.1. The van der Waals surface area contributed by atoms with Gasteiger partial charge in [-0.25, -0.2) is 4.98 Å². The number of aromatic nitrogens is 1. The van der Waals surface area contributed by atoms with E-state index >= 15 is 0 Å². The van der Waals surface area contributed by atoms with Crippen LogP contribution in [0.1, 0.15) is 18.5 Å². The van der Waals surface area contributed by atoms with Gasteiger partial charge < -0.3 is 11.1 Å². The highest BCUT2D eigenvalue weighted by Gasteiger charge is 2.24. The molecule has 0 spiro atoms. The Kier molecular flexibility index (Phi) is 4.15. The number of pyridine rings is 1. The van der Waals surface area contributed by atoms with Crippen molar-refractivity contribution in [2.24, 2.45) is 5.92 Å². The van der Waals surface area contributed by atoms with Crippen molar-refractivity contribution in [3.05, 3.63) is 23.9 Å². The van der Waals surface area contributed by atoms with Gasteiger partial charge in [-0.05, 0) is 38.1 Å². The lowest BCUT2D eigenvalue weighted by molar-refractivity contribution is -0.125. The molecule has 0 radical (unpaired) electrons. The van der Waals surface area contributed by atoms with E-state index in [1.165, 1.54) is 0 Å². The summed E-state index contributed by atoms with van der Waals surface area (Å²) in [6.45, 7) is 2.69. The Morgan fingerprint density at radius 3 is 2.83 bits per heavy atom. The van der Waals surface area contributed by atoms with E-state index in [9.17, 15) is 4.79 Å². The molecular weight excluding hydrogens is 228 g/mol. The van der Waals surface area contributed by atoms with Gasteiger partial charge >= 0.3 is 0 Å². The minimum atomic E-state index is 0.164. The first-order chi connectivity index (χ1) is 8.69. The first kappa shape index (κ1) is 12.8. The Morgan fingerprint density at radius 1 is 1.50 bits per heavy atom. The fourth-order valence-corrected chi connectivity index (χ4v) is 2.37. The predicted molar refractivity (Wildman–Crippen MR) is 70.7 cm³/mol. The fraction of sp³-hybridized carbons (Fsp3) is 0.538. The zero-order valence-corrected chi connectivity index (χ0v) is 10.7. The quantitative estimate of drug-likeness (QED) is 0.822. The third-order valence-electron chi connectivity index (χ3n) is 3.42. The van der Waals surface area contributed by atoms with Crippen LogP contribution in [0.2, 0.25) is 0 Å². The lowest BCUT2D eigenvalue weighted by Crippen LogP contribution is -2.39. The van der Waals surface area contributed by atoms with Crippen LogP contribution >= 0.6 is 0 Å². The molecule has 0 aliphatic carbocycles. The third-order valence-corrected chi connectivity index (χ3v) is 3.42. The molecule has 3 N–H and O–H groups in total. The van der Waals surface area contributed by atoms with Crippen LogP contribution in [0.5, 0.6) is 0 Å². The molecule has 0 aromatic carbocycles. The Bertz CT molecular complexity index is 413. The average Bonchev–Trinajstić information content (AvgIpc) is 2.39. The molecule has 0 bridgehead atoms. The van der Waals surface area contributed by atoms with Crippen LogP contribution in [0.4, 0.5) is 5.82 Å². The van der Waals surface area contributed by atoms with Gasteiger partial charge in [-0.1, -0.05) is 6.07 Å². The number of hydrogen-bond donors (Lipinski definition) is 2. The van der Waals surface area contributed by atoms with E-state index < -0.39 is 0 Å². The summed E-state index contributed by atoms with van der Waals surface area (Å²) in [5, 5.41) is 2.72. The van der Waals surface area contributed by atoms with Crippen molar-refractivity contribution in [2.75, 3.05) is 25.9 Å². The second-order valence-electron chi connectivity index (χ2n) is 4.72. The second-order valence-corrected chi connectivity index (χ2v) is 4.72. The second kappa shape index (κ2) is 5.82. The Labute approximate surface area is 107 Å². The Morgan fingerprint density at radius 2 is 2.22 bits per heavy atom. The van der Waals surface area contributed by atoms with Gasteiger partial charge in [-0.3, -0.25) is 9.69 Å². The number of nitrogens with zero attached hydrogens (tertiary/aromatic N) is 2. The maximum absolute atomic E-state index is 11.5. The first-order valence-electron chi connectivity index (χ1n) is 6.34. The summed E-state index contributed by atoms with van der Waals surface area (Å²) in [6, 6.07) is 5.71. The number of carbonyl (C=O) groups is 1. The van der Waals surface area contributed by atoms with Crippen LogP contribution in [-0.4, -0.2) is 35.9 Å². The monoisotopic (exact) mass is 248 g/mol. The van der Waals surface area contributed by atoms with Gasteiger partial charge in [0.2, 0.25) is 5.91 Å². The van der Waals surface area contributed by atoms with E-state index in [1.54, 1.807) is 13.1 Å².